The first kappa shape index (κ1) is 12.6. The van der Waals surface area contributed by atoms with E-state index in [0.29, 0.717) is 5.01 Å². The number of nitrogens with one attached hydrogen (secondary N) is 1. The first-order chi connectivity index (χ1) is 7.54. The highest BCUT2D eigenvalue weighted by atomic mass is 32.1. The maximum Gasteiger partial charge on any atom is 0.280 e. The number of likely N-dealkylation sites (N-methyl/N-ethyl adjacent to an activating group) is 1. The van der Waals surface area contributed by atoms with Crippen LogP contribution in [0.1, 0.15) is 23.0 Å². The minimum absolute atomic E-state index is 0. The third kappa shape index (κ3) is 3.30. The molecule has 1 aromatic rings. The molecule has 1 rings (SSSR count). The van der Waals surface area contributed by atoms with Gasteiger partial charge in [-0.05, 0) is 6.42 Å². The molecular weight excluding hydrogens is 226 g/mol. The Hall–Kier alpha value is -1.43. The summed E-state index contributed by atoms with van der Waals surface area (Å²) < 4.78 is 0. The van der Waals surface area contributed by atoms with Crippen LogP contribution in [0, 0.1) is 0 Å². The Labute approximate surface area is 100.0 Å². The Kier molecular flexibility index (Phi) is 4.42. The molecular formula is C10H17N3O2S. The van der Waals surface area contributed by atoms with E-state index in [9.17, 15) is 9.59 Å². The van der Waals surface area contributed by atoms with Gasteiger partial charge in [0.2, 0.25) is 5.91 Å². The summed E-state index contributed by atoms with van der Waals surface area (Å²) in [6.07, 6.45) is 2.55. The van der Waals surface area contributed by atoms with Crippen LogP contribution in [0.2, 0.25) is 0 Å². The number of carbonyl (C=O) groups excluding carboxylic acids is 2. The third-order valence-electron chi connectivity index (χ3n) is 2.00. The van der Waals surface area contributed by atoms with Gasteiger partial charge >= 0.3 is 0 Å². The Morgan fingerprint density at radius 2 is 2.25 bits per heavy atom. The molecule has 1 heterocycles. The number of amides is 2. The van der Waals surface area contributed by atoms with Gasteiger partial charge in [-0.1, -0.05) is 6.92 Å². The standard InChI is InChI=1S/C10H15N3O2S.H2/c1-4-7-5-12-10(16-7)9(15)11-6-8(14)13(2)3;/h5H,4,6H2,1-3H3,(H,11,15);1H. The fourth-order valence-electron chi connectivity index (χ4n) is 0.966. The molecule has 0 atom stereocenters. The normalized spacial score (nSPS) is 9.94. The van der Waals surface area contributed by atoms with Crippen molar-refractivity contribution in [3.63, 3.8) is 0 Å². The zero-order chi connectivity index (χ0) is 12.1. The van der Waals surface area contributed by atoms with Crippen molar-refractivity contribution in [1.82, 2.24) is 15.2 Å². The fraction of sp³-hybridized carbons (Fsp3) is 0.500. The van der Waals surface area contributed by atoms with E-state index in [1.807, 2.05) is 6.92 Å². The maximum atomic E-state index is 11.6. The zero-order valence-electron chi connectivity index (χ0n) is 9.61. The topological polar surface area (TPSA) is 62.3 Å². The summed E-state index contributed by atoms with van der Waals surface area (Å²) in [5.74, 6) is -0.430. The molecule has 0 bridgehead atoms. The largest absolute Gasteiger partial charge is 0.347 e. The highest BCUT2D eigenvalue weighted by Gasteiger charge is 2.12. The van der Waals surface area contributed by atoms with Crippen molar-refractivity contribution in [1.29, 1.82) is 0 Å². The number of carbonyl (C=O) groups is 2. The second-order valence-corrected chi connectivity index (χ2v) is 4.57. The summed E-state index contributed by atoms with van der Waals surface area (Å²) in [5.41, 5.74) is 0. The van der Waals surface area contributed by atoms with Gasteiger partial charge in [0.1, 0.15) is 0 Å². The average molecular weight is 243 g/mol. The summed E-state index contributed by atoms with van der Waals surface area (Å²) in [5, 5.41) is 2.94. The van der Waals surface area contributed by atoms with Gasteiger partial charge in [0.05, 0.1) is 6.54 Å². The first-order valence-corrected chi connectivity index (χ1v) is 5.79. The molecule has 90 valence electrons. The van der Waals surface area contributed by atoms with E-state index in [4.69, 9.17) is 0 Å². The van der Waals surface area contributed by atoms with E-state index in [1.165, 1.54) is 16.2 Å². The van der Waals surface area contributed by atoms with E-state index in [0.717, 1.165) is 11.3 Å². The van der Waals surface area contributed by atoms with Crippen molar-refractivity contribution in [3.8, 4) is 0 Å². The lowest BCUT2D eigenvalue weighted by molar-refractivity contribution is -0.127. The molecule has 0 aliphatic carbocycles. The van der Waals surface area contributed by atoms with E-state index in [-0.39, 0.29) is 19.8 Å². The van der Waals surface area contributed by atoms with Crippen LogP contribution in [0.4, 0.5) is 0 Å². The van der Waals surface area contributed by atoms with Crippen LogP contribution in [0.3, 0.4) is 0 Å². The molecule has 5 nitrogen and oxygen atoms in total. The van der Waals surface area contributed by atoms with E-state index in [2.05, 4.69) is 10.3 Å². The molecule has 0 spiro atoms. The number of aryl methyl sites for hydroxylation is 1. The molecule has 16 heavy (non-hydrogen) atoms. The van der Waals surface area contributed by atoms with Gasteiger partial charge < -0.3 is 10.2 Å². The Morgan fingerprint density at radius 3 is 2.75 bits per heavy atom. The minimum atomic E-state index is -0.292. The van der Waals surface area contributed by atoms with Crippen molar-refractivity contribution >= 4 is 23.2 Å². The third-order valence-corrected chi connectivity index (χ3v) is 3.14. The summed E-state index contributed by atoms with van der Waals surface area (Å²) in [7, 11) is 3.29. The SMILES string of the molecule is CCc1cnc(C(=O)NCC(=O)N(C)C)s1.[HH]. The Bertz CT molecular complexity index is 393. The number of nitrogens with zero attached hydrogens (tertiary/aromatic N) is 2. The van der Waals surface area contributed by atoms with Crippen LogP contribution in [0.25, 0.3) is 0 Å². The molecule has 1 aromatic heterocycles. The molecule has 0 unspecified atom stereocenters. The van der Waals surface area contributed by atoms with E-state index < -0.39 is 0 Å². The van der Waals surface area contributed by atoms with Crippen molar-refractivity contribution in [3.05, 3.63) is 16.1 Å². The predicted octanol–water partition coefficient (Wildman–Crippen LogP) is 0.769. The molecule has 0 saturated heterocycles. The monoisotopic (exact) mass is 243 g/mol. The van der Waals surface area contributed by atoms with Crippen LogP contribution in [-0.2, 0) is 11.2 Å². The number of thiazole rings is 1. The summed E-state index contributed by atoms with van der Waals surface area (Å²) in [6, 6.07) is 0. The zero-order valence-corrected chi connectivity index (χ0v) is 10.4. The highest BCUT2D eigenvalue weighted by molar-refractivity contribution is 7.13. The summed E-state index contributed by atoms with van der Waals surface area (Å²) in [6.45, 7) is 2.01. The Morgan fingerprint density at radius 1 is 1.56 bits per heavy atom. The smallest absolute Gasteiger partial charge is 0.280 e. The predicted molar refractivity (Wildman–Crippen MR) is 64.6 cm³/mol. The highest BCUT2D eigenvalue weighted by Crippen LogP contribution is 2.12. The molecule has 6 heteroatoms. The van der Waals surface area contributed by atoms with Gasteiger partial charge in [0, 0.05) is 26.6 Å². The molecule has 0 aromatic carbocycles. The lowest BCUT2D eigenvalue weighted by atomic mass is 10.4. The molecule has 0 fully saturated rings. The van der Waals surface area contributed by atoms with Crippen LogP contribution < -0.4 is 5.32 Å². The second-order valence-electron chi connectivity index (χ2n) is 3.46. The fourth-order valence-corrected chi connectivity index (χ4v) is 1.73. The van der Waals surface area contributed by atoms with Gasteiger partial charge in [-0.2, -0.15) is 0 Å². The number of hydrogen-bond acceptors (Lipinski definition) is 4. The van der Waals surface area contributed by atoms with E-state index in [1.54, 1.807) is 20.3 Å². The quantitative estimate of drug-likeness (QED) is 0.849. The van der Waals surface area contributed by atoms with Crippen molar-refractivity contribution < 1.29 is 11.0 Å². The summed E-state index contributed by atoms with van der Waals surface area (Å²) in [4.78, 5) is 29.3. The van der Waals surface area contributed by atoms with Crippen molar-refractivity contribution in [2.45, 2.75) is 13.3 Å². The molecule has 0 saturated carbocycles. The van der Waals surface area contributed by atoms with E-state index >= 15 is 0 Å². The van der Waals surface area contributed by atoms with Gasteiger partial charge in [0.25, 0.3) is 5.91 Å². The Balaban J connectivity index is 0.00000256. The van der Waals surface area contributed by atoms with Crippen molar-refractivity contribution in [2.24, 2.45) is 0 Å². The number of rotatable bonds is 4. The molecule has 1 N–H and O–H groups in total. The first-order valence-electron chi connectivity index (χ1n) is 4.97. The second kappa shape index (κ2) is 5.60. The van der Waals surface area contributed by atoms with Crippen LogP contribution in [0.15, 0.2) is 6.20 Å². The number of aromatic nitrogens is 1. The maximum absolute atomic E-state index is 11.6. The lowest BCUT2D eigenvalue weighted by Crippen LogP contribution is -2.36. The van der Waals surface area contributed by atoms with Crippen LogP contribution >= 0.6 is 11.3 Å². The van der Waals surface area contributed by atoms with Gasteiger partial charge in [-0.25, -0.2) is 4.98 Å². The van der Waals surface area contributed by atoms with Crippen molar-refractivity contribution in [2.75, 3.05) is 20.6 Å². The number of hydrogen-bond donors (Lipinski definition) is 1. The van der Waals surface area contributed by atoms with Gasteiger partial charge in [-0.3, -0.25) is 9.59 Å². The summed E-state index contributed by atoms with van der Waals surface area (Å²) >= 11 is 1.35. The average Bonchev–Trinajstić information content (AvgIpc) is 2.73. The van der Waals surface area contributed by atoms with Gasteiger partial charge in [-0.15, -0.1) is 11.3 Å². The lowest BCUT2D eigenvalue weighted by Gasteiger charge is -2.09. The van der Waals surface area contributed by atoms with Gasteiger partial charge in [0.15, 0.2) is 5.01 Å². The molecule has 0 aliphatic heterocycles. The molecule has 2 amide bonds. The van der Waals surface area contributed by atoms with Crippen LogP contribution in [0.5, 0.6) is 0 Å². The van der Waals surface area contributed by atoms with Crippen LogP contribution in [-0.4, -0.2) is 42.3 Å². The molecule has 0 aliphatic rings. The minimum Gasteiger partial charge on any atom is -0.347 e. The molecule has 0 radical (unpaired) electrons.